The van der Waals surface area contributed by atoms with E-state index < -0.39 is 0 Å². The van der Waals surface area contributed by atoms with E-state index in [0.717, 1.165) is 28.2 Å². The first-order valence-electron chi connectivity index (χ1n) is 7.39. The van der Waals surface area contributed by atoms with Crippen molar-refractivity contribution in [3.63, 3.8) is 0 Å². The van der Waals surface area contributed by atoms with Crippen molar-refractivity contribution < 1.29 is 9.84 Å². The first-order chi connectivity index (χ1) is 10.6. The van der Waals surface area contributed by atoms with Gasteiger partial charge >= 0.3 is 0 Å². The zero-order chi connectivity index (χ0) is 15.7. The molecule has 0 fully saturated rings. The Morgan fingerprint density at radius 2 is 2.09 bits per heavy atom. The molecule has 0 atom stereocenters. The number of methoxy groups -OCH3 is 1. The molecule has 0 saturated heterocycles. The fourth-order valence-corrected chi connectivity index (χ4v) is 2.61. The van der Waals surface area contributed by atoms with E-state index in [9.17, 15) is 5.11 Å². The van der Waals surface area contributed by atoms with E-state index in [1.165, 1.54) is 5.56 Å². The summed E-state index contributed by atoms with van der Waals surface area (Å²) in [4.78, 5) is 4.69. The Kier molecular flexibility index (Phi) is 3.86. The van der Waals surface area contributed by atoms with E-state index in [4.69, 9.17) is 4.74 Å². The molecule has 0 aliphatic carbocycles. The van der Waals surface area contributed by atoms with E-state index in [1.807, 2.05) is 35.0 Å². The van der Waals surface area contributed by atoms with Gasteiger partial charge in [0.05, 0.1) is 19.4 Å². The van der Waals surface area contributed by atoms with Gasteiger partial charge in [-0.2, -0.15) is 0 Å². The third-order valence-corrected chi connectivity index (χ3v) is 3.90. The molecule has 1 aromatic carbocycles. The second kappa shape index (κ2) is 5.81. The Balaban J connectivity index is 2.20. The molecular weight excluding hydrogens is 276 g/mol. The Morgan fingerprint density at radius 3 is 2.77 bits per heavy atom. The summed E-state index contributed by atoms with van der Waals surface area (Å²) < 4.78 is 7.42. The number of aliphatic hydroxyl groups excluding tert-OH is 1. The average molecular weight is 296 g/mol. The van der Waals surface area contributed by atoms with Crippen molar-refractivity contribution in [2.45, 2.75) is 26.4 Å². The van der Waals surface area contributed by atoms with Crippen LogP contribution in [0.25, 0.3) is 16.9 Å². The lowest BCUT2D eigenvalue weighted by Gasteiger charge is -2.11. The van der Waals surface area contributed by atoms with Crippen LogP contribution in [-0.2, 0) is 6.61 Å². The highest BCUT2D eigenvalue weighted by Gasteiger charge is 2.13. The van der Waals surface area contributed by atoms with Crippen LogP contribution in [0.15, 0.2) is 42.7 Å². The largest absolute Gasteiger partial charge is 0.496 e. The van der Waals surface area contributed by atoms with Crippen LogP contribution in [0.4, 0.5) is 0 Å². The second-order valence-electron chi connectivity index (χ2n) is 5.66. The molecule has 0 saturated carbocycles. The lowest BCUT2D eigenvalue weighted by molar-refractivity contribution is 0.282. The summed E-state index contributed by atoms with van der Waals surface area (Å²) >= 11 is 0. The number of ether oxygens (including phenoxy) is 1. The van der Waals surface area contributed by atoms with Gasteiger partial charge in [0.15, 0.2) is 0 Å². The van der Waals surface area contributed by atoms with E-state index in [-0.39, 0.29) is 6.61 Å². The van der Waals surface area contributed by atoms with Crippen LogP contribution in [0.2, 0.25) is 0 Å². The molecule has 0 amide bonds. The predicted molar refractivity (Wildman–Crippen MR) is 87.2 cm³/mol. The maximum Gasteiger partial charge on any atom is 0.142 e. The number of imidazole rings is 1. The summed E-state index contributed by atoms with van der Waals surface area (Å²) in [7, 11) is 1.67. The average Bonchev–Trinajstić information content (AvgIpc) is 2.97. The van der Waals surface area contributed by atoms with Gasteiger partial charge in [0.25, 0.3) is 0 Å². The summed E-state index contributed by atoms with van der Waals surface area (Å²) in [6.45, 7) is 4.31. The molecule has 0 radical (unpaired) electrons. The molecular formula is C18H20N2O2. The van der Waals surface area contributed by atoms with Gasteiger partial charge in [-0.05, 0) is 29.7 Å². The third-order valence-electron chi connectivity index (χ3n) is 3.90. The molecule has 1 N–H and O–H groups in total. The van der Waals surface area contributed by atoms with Crippen molar-refractivity contribution in [3.05, 3.63) is 53.9 Å². The van der Waals surface area contributed by atoms with E-state index >= 15 is 0 Å². The molecule has 4 nitrogen and oxygen atoms in total. The molecule has 114 valence electrons. The van der Waals surface area contributed by atoms with Gasteiger partial charge in [0.2, 0.25) is 0 Å². The molecule has 3 aromatic rings. The first-order valence-corrected chi connectivity index (χ1v) is 7.39. The Hall–Kier alpha value is -2.33. The molecule has 0 aliphatic heterocycles. The fourth-order valence-electron chi connectivity index (χ4n) is 2.61. The van der Waals surface area contributed by atoms with Crippen LogP contribution in [-0.4, -0.2) is 21.6 Å². The molecule has 2 aromatic heterocycles. The molecule has 3 rings (SSSR count). The van der Waals surface area contributed by atoms with Gasteiger partial charge in [0, 0.05) is 23.5 Å². The summed E-state index contributed by atoms with van der Waals surface area (Å²) in [5, 5.41) is 9.46. The van der Waals surface area contributed by atoms with Crippen molar-refractivity contribution in [2.75, 3.05) is 7.11 Å². The van der Waals surface area contributed by atoms with Crippen LogP contribution in [0, 0.1) is 0 Å². The van der Waals surface area contributed by atoms with Crippen LogP contribution in [0.3, 0.4) is 0 Å². The normalized spacial score (nSPS) is 11.3. The van der Waals surface area contributed by atoms with Crippen LogP contribution < -0.4 is 4.74 Å². The number of hydrogen-bond donors (Lipinski definition) is 1. The number of hydrogen-bond acceptors (Lipinski definition) is 3. The highest BCUT2D eigenvalue weighted by Crippen LogP contribution is 2.32. The number of fused-ring (bicyclic) bond motifs is 1. The van der Waals surface area contributed by atoms with E-state index in [0.29, 0.717) is 5.92 Å². The van der Waals surface area contributed by atoms with Crippen molar-refractivity contribution in [3.8, 4) is 17.0 Å². The maximum absolute atomic E-state index is 9.46. The smallest absolute Gasteiger partial charge is 0.142 e. The monoisotopic (exact) mass is 296 g/mol. The van der Waals surface area contributed by atoms with E-state index in [2.05, 4.69) is 31.0 Å². The number of pyridine rings is 1. The summed E-state index contributed by atoms with van der Waals surface area (Å²) in [6, 6.07) is 9.99. The van der Waals surface area contributed by atoms with Crippen molar-refractivity contribution in [2.24, 2.45) is 0 Å². The second-order valence-corrected chi connectivity index (χ2v) is 5.66. The molecule has 2 heterocycles. The third kappa shape index (κ3) is 2.46. The number of benzene rings is 1. The number of aromatic nitrogens is 2. The van der Waals surface area contributed by atoms with Gasteiger partial charge in [-0.3, -0.25) is 0 Å². The molecule has 0 spiro atoms. The Labute approximate surface area is 130 Å². The van der Waals surface area contributed by atoms with Gasteiger partial charge in [-0.25, -0.2) is 4.98 Å². The van der Waals surface area contributed by atoms with Gasteiger partial charge in [0.1, 0.15) is 11.4 Å². The minimum absolute atomic E-state index is 0.0238. The van der Waals surface area contributed by atoms with Crippen LogP contribution >= 0.6 is 0 Å². The van der Waals surface area contributed by atoms with Gasteiger partial charge in [-0.15, -0.1) is 0 Å². The zero-order valence-electron chi connectivity index (χ0n) is 13.1. The van der Waals surface area contributed by atoms with Crippen molar-refractivity contribution in [1.29, 1.82) is 0 Å². The number of rotatable bonds is 4. The van der Waals surface area contributed by atoms with Gasteiger partial charge in [-0.1, -0.05) is 26.0 Å². The van der Waals surface area contributed by atoms with Crippen molar-refractivity contribution >= 4 is 5.65 Å². The Bertz CT molecular complexity index is 806. The number of aliphatic hydroxyl groups is 1. The lowest BCUT2D eigenvalue weighted by atomic mass is 9.99. The highest BCUT2D eigenvalue weighted by molar-refractivity contribution is 5.71. The minimum Gasteiger partial charge on any atom is -0.496 e. The SMILES string of the molecule is COc1ccc(C(C)C)cc1-c1cn2cccc(CO)c2n1. The summed E-state index contributed by atoms with van der Waals surface area (Å²) in [5.41, 5.74) is 4.65. The van der Waals surface area contributed by atoms with Crippen LogP contribution in [0.5, 0.6) is 5.75 Å². The highest BCUT2D eigenvalue weighted by atomic mass is 16.5. The van der Waals surface area contributed by atoms with Crippen molar-refractivity contribution in [1.82, 2.24) is 9.38 Å². The zero-order valence-corrected chi connectivity index (χ0v) is 13.1. The summed E-state index contributed by atoms with van der Waals surface area (Å²) in [6.07, 6.45) is 3.90. The predicted octanol–water partition coefficient (Wildman–Crippen LogP) is 3.63. The standard InChI is InChI=1S/C18H20N2O2/c1-12(2)13-6-7-17(22-3)15(9-13)16-10-20-8-4-5-14(11-21)18(20)19-16/h4-10,12,21H,11H2,1-3H3. The first kappa shape index (κ1) is 14.6. The quantitative estimate of drug-likeness (QED) is 0.799. The van der Waals surface area contributed by atoms with E-state index in [1.54, 1.807) is 7.11 Å². The molecule has 0 unspecified atom stereocenters. The van der Waals surface area contributed by atoms with Gasteiger partial charge < -0.3 is 14.2 Å². The molecule has 0 bridgehead atoms. The Morgan fingerprint density at radius 1 is 1.27 bits per heavy atom. The summed E-state index contributed by atoms with van der Waals surface area (Å²) in [5.74, 6) is 1.24. The topological polar surface area (TPSA) is 46.8 Å². The number of nitrogens with zero attached hydrogens (tertiary/aromatic N) is 2. The molecule has 4 heteroatoms. The maximum atomic E-state index is 9.46. The lowest BCUT2D eigenvalue weighted by Crippen LogP contribution is -1.93. The molecule has 22 heavy (non-hydrogen) atoms. The molecule has 0 aliphatic rings. The fraction of sp³-hybridized carbons (Fsp3) is 0.278. The van der Waals surface area contributed by atoms with Crippen LogP contribution in [0.1, 0.15) is 30.9 Å². The minimum atomic E-state index is -0.0238.